The number of nitriles is 1. The van der Waals surface area contributed by atoms with E-state index in [1.807, 2.05) is 12.1 Å². The summed E-state index contributed by atoms with van der Waals surface area (Å²) in [5.41, 5.74) is 6.13. The molecule has 1 aliphatic rings. The van der Waals surface area contributed by atoms with Crippen LogP contribution in [-0.2, 0) is 27.7 Å². The summed E-state index contributed by atoms with van der Waals surface area (Å²) < 4.78 is 26.0. The Bertz CT molecular complexity index is 1100. The molecule has 10 heteroatoms. The van der Waals surface area contributed by atoms with Crippen LogP contribution in [0.3, 0.4) is 0 Å². The Morgan fingerprint density at radius 3 is 2.63 bits per heavy atom. The van der Waals surface area contributed by atoms with Gasteiger partial charge in [-0.05, 0) is 61.1 Å². The van der Waals surface area contributed by atoms with Crippen LogP contribution in [0.4, 0.5) is 0 Å². The normalized spacial score (nSPS) is 15.9. The fraction of sp³-hybridized carbons (Fsp3) is 0.350. The number of hydrogen-bond donors (Lipinski definition) is 2. The molecule has 1 aliphatic carbocycles. The molecule has 0 fully saturated rings. The van der Waals surface area contributed by atoms with Crippen molar-refractivity contribution >= 4 is 33.2 Å². The number of likely N-dealkylation sites (N-methyl/N-ethyl adjacent to an activating group) is 1. The highest BCUT2D eigenvalue weighted by molar-refractivity contribution is 7.89. The summed E-state index contributed by atoms with van der Waals surface area (Å²) in [5, 5.41) is 8.81. The third-order valence-electron chi connectivity index (χ3n) is 4.93. The smallest absolute Gasteiger partial charge is 0.272 e. The van der Waals surface area contributed by atoms with Crippen LogP contribution < -0.4 is 10.9 Å². The lowest BCUT2D eigenvalue weighted by molar-refractivity contribution is -0.121. The first kappa shape index (κ1) is 22.0. The van der Waals surface area contributed by atoms with E-state index in [2.05, 4.69) is 17.8 Å². The van der Waals surface area contributed by atoms with Gasteiger partial charge >= 0.3 is 0 Å². The number of sulfonamides is 1. The number of nitrogens with one attached hydrogen (secondary N) is 2. The minimum absolute atomic E-state index is 0.0285. The Balaban J connectivity index is 1.56. The first-order chi connectivity index (χ1) is 14.2. The summed E-state index contributed by atoms with van der Waals surface area (Å²) in [6.45, 7) is 1.71. The molecule has 2 amide bonds. The van der Waals surface area contributed by atoms with Gasteiger partial charge in [-0.25, -0.2) is 8.42 Å². The van der Waals surface area contributed by atoms with Crippen LogP contribution in [0.5, 0.6) is 0 Å². The van der Waals surface area contributed by atoms with Crippen LogP contribution in [-0.4, -0.2) is 38.1 Å². The molecule has 2 N–H and O–H groups in total. The third-order valence-corrected chi connectivity index (χ3v) is 7.98. The van der Waals surface area contributed by atoms with Gasteiger partial charge in [0.05, 0.1) is 28.0 Å². The van der Waals surface area contributed by atoms with E-state index in [0.29, 0.717) is 16.4 Å². The van der Waals surface area contributed by atoms with Crippen LogP contribution >= 0.6 is 11.3 Å². The van der Waals surface area contributed by atoms with Crippen LogP contribution in [0.1, 0.15) is 39.0 Å². The molecule has 158 valence electrons. The van der Waals surface area contributed by atoms with Crippen molar-refractivity contribution < 1.29 is 18.0 Å². The van der Waals surface area contributed by atoms with E-state index >= 15 is 0 Å². The number of amides is 2. The lowest BCUT2D eigenvalue weighted by atomic mass is 9.90. The van der Waals surface area contributed by atoms with Crippen molar-refractivity contribution in [3.63, 3.8) is 0 Å². The molecule has 0 radical (unpaired) electrons. The maximum Gasteiger partial charge on any atom is 0.279 e. The Hall–Kier alpha value is -2.74. The highest BCUT2D eigenvalue weighted by Crippen LogP contribution is 2.32. The topological polar surface area (TPSA) is 119 Å². The average molecular weight is 447 g/mol. The summed E-state index contributed by atoms with van der Waals surface area (Å²) in [7, 11) is -2.64. The maximum atomic E-state index is 12.5. The highest BCUT2D eigenvalue weighted by atomic mass is 32.2. The van der Waals surface area contributed by atoms with Gasteiger partial charge in [0.15, 0.2) is 0 Å². The largest absolute Gasteiger partial charge is 0.279 e. The number of hydrogen-bond acceptors (Lipinski definition) is 6. The first-order valence-corrected chi connectivity index (χ1v) is 11.6. The molecule has 1 heterocycles. The Kier molecular flexibility index (Phi) is 6.55. The van der Waals surface area contributed by atoms with Crippen molar-refractivity contribution in [2.24, 2.45) is 5.92 Å². The molecular weight excluding hydrogens is 424 g/mol. The molecule has 8 nitrogen and oxygen atoms in total. The molecule has 0 saturated heterocycles. The van der Waals surface area contributed by atoms with Gasteiger partial charge in [0.25, 0.3) is 11.8 Å². The lowest BCUT2D eigenvalue weighted by Crippen LogP contribution is -2.46. The number of carbonyl (C=O) groups excluding carboxylic acids is 2. The summed E-state index contributed by atoms with van der Waals surface area (Å²) in [6, 6.07) is 9.17. The molecule has 0 aliphatic heterocycles. The lowest BCUT2D eigenvalue weighted by Gasteiger charge is -2.17. The zero-order chi connectivity index (χ0) is 21.9. The molecule has 1 aromatic heterocycles. The van der Waals surface area contributed by atoms with Gasteiger partial charge in [-0.3, -0.25) is 20.4 Å². The number of fused-ring (bicyclic) bond motifs is 1. The van der Waals surface area contributed by atoms with Crippen LogP contribution in [0.2, 0.25) is 0 Å². The number of nitrogens with zero attached hydrogens (tertiary/aromatic N) is 2. The molecule has 30 heavy (non-hydrogen) atoms. The second-order valence-electron chi connectivity index (χ2n) is 7.31. The molecule has 1 atom stereocenters. The van der Waals surface area contributed by atoms with Crippen molar-refractivity contribution in [1.82, 2.24) is 15.2 Å². The van der Waals surface area contributed by atoms with Crippen LogP contribution in [0.15, 0.2) is 35.2 Å². The molecule has 1 unspecified atom stereocenters. The Morgan fingerprint density at radius 2 is 1.97 bits per heavy atom. The van der Waals surface area contributed by atoms with E-state index < -0.39 is 28.4 Å². The molecule has 0 bridgehead atoms. The van der Waals surface area contributed by atoms with E-state index in [1.165, 1.54) is 53.1 Å². The van der Waals surface area contributed by atoms with E-state index in [4.69, 9.17) is 5.26 Å². The van der Waals surface area contributed by atoms with Gasteiger partial charge in [0.1, 0.15) is 0 Å². The van der Waals surface area contributed by atoms with Gasteiger partial charge in [-0.2, -0.15) is 9.57 Å². The monoisotopic (exact) mass is 446 g/mol. The van der Waals surface area contributed by atoms with Gasteiger partial charge in [-0.15, -0.1) is 11.3 Å². The van der Waals surface area contributed by atoms with Crippen molar-refractivity contribution in [3.05, 3.63) is 51.2 Å². The quantitative estimate of drug-likeness (QED) is 0.679. The summed E-state index contributed by atoms with van der Waals surface area (Å²) in [6.07, 6.45) is 3.01. The first-order valence-electron chi connectivity index (χ1n) is 9.38. The van der Waals surface area contributed by atoms with E-state index in [-0.39, 0.29) is 4.90 Å². The zero-order valence-electron chi connectivity index (χ0n) is 16.6. The van der Waals surface area contributed by atoms with E-state index in [0.717, 1.165) is 23.6 Å². The minimum Gasteiger partial charge on any atom is -0.272 e. The molecule has 3 rings (SSSR count). The van der Waals surface area contributed by atoms with Crippen molar-refractivity contribution in [1.29, 1.82) is 5.26 Å². The number of thiophene rings is 1. The highest BCUT2D eigenvalue weighted by Gasteiger charge is 2.24. The SMILES string of the molecule is CC1CCc2sc(C(=O)NNC(=O)CN(C)S(=O)(=O)c3ccc(C#N)cc3)cc2C1. The number of aryl methyl sites for hydroxylation is 1. The second-order valence-corrected chi connectivity index (χ2v) is 10.5. The summed E-state index contributed by atoms with van der Waals surface area (Å²) in [4.78, 5) is 26.2. The summed E-state index contributed by atoms with van der Waals surface area (Å²) >= 11 is 1.42. The Morgan fingerprint density at radius 1 is 1.27 bits per heavy atom. The van der Waals surface area contributed by atoms with E-state index in [1.54, 1.807) is 0 Å². The van der Waals surface area contributed by atoms with Gasteiger partial charge < -0.3 is 0 Å². The second kappa shape index (κ2) is 8.95. The molecule has 0 spiro atoms. The molecule has 1 aromatic carbocycles. The number of benzene rings is 1. The number of carbonyl (C=O) groups is 2. The predicted molar refractivity (Wildman–Crippen MR) is 112 cm³/mol. The van der Waals surface area contributed by atoms with Crippen molar-refractivity contribution in [2.75, 3.05) is 13.6 Å². The average Bonchev–Trinajstić information content (AvgIpc) is 3.15. The van der Waals surface area contributed by atoms with Gasteiger partial charge in [0.2, 0.25) is 10.0 Å². The summed E-state index contributed by atoms with van der Waals surface area (Å²) in [5.74, 6) is -0.498. The number of rotatable bonds is 5. The third kappa shape index (κ3) is 4.87. The van der Waals surface area contributed by atoms with Crippen molar-refractivity contribution in [2.45, 2.75) is 31.1 Å². The molecule has 2 aromatic rings. The van der Waals surface area contributed by atoms with Crippen LogP contribution in [0.25, 0.3) is 0 Å². The predicted octanol–water partition coefficient (Wildman–Crippen LogP) is 1.83. The molecule has 0 saturated carbocycles. The van der Waals surface area contributed by atoms with E-state index in [9.17, 15) is 18.0 Å². The Labute approximate surface area is 179 Å². The standard InChI is InChI=1S/C20H22N4O4S2/c1-13-3-8-17-15(9-13)10-18(29-17)20(26)23-22-19(25)12-24(2)30(27,28)16-6-4-14(11-21)5-7-16/h4-7,10,13H,3,8-9,12H2,1-2H3,(H,22,25)(H,23,26). The fourth-order valence-electron chi connectivity index (χ4n) is 3.21. The minimum atomic E-state index is -3.90. The van der Waals surface area contributed by atoms with Gasteiger partial charge in [-0.1, -0.05) is 6.92 Å². The molecular formula is C20H22N4O4S2. The van der Waals surface area contributed by atoms with Crippen molar-refractivity contribution in [3.8, 4) is 6.07 Å². The zero-order valence-corrected chi connectivity index (χ0v) is 18.3. The van der Waals surface area contributed by atoms with Gasteiger partial charge in [0, 0.05) is 11.9 Å². The fourth-order valence-corrected chi connectivity index (χ4v) is 5.44. The van der Waals surface area contributed by atoms with Crippen LogP contribution in [0, 0.1) is 17.2 Å². The maximum absolute atomic E-state index is 12.5. The number of hydrazine groups is 1.